The van der Waals surface area contributed by atoms with E-state index in [9.17, 15) is 4.79 Å². The van der Waals surface area contributed by atoms with Crippen LogP contribution in [0.1, 0.15) is 18.9 Å². The summed E-state index contributed by atoms with van der Waals surface area (Å²) in [6, 6.07) is 7.33. The van der Waals surface area contributed by atoms with Crippen molar-refractivity contribution in [3.63, 3.8) is 0 Å². The van der Waals surface area contributed by atoms with Gasteiger partial charge in [0.05, 0.1) is 6.42 Å². The molecule has 88 valence electrons. The number of amides is 1. The average Bonchev–Trinajstić information content (AvgIpc) is 2.29. The van der Waals surface area contributed by atoms with Crippen molar-refractivity contribution >= 4 is 33.4 Å². The fourth-order valence-corrected chi connectivity index (χ4v) is 1.51. The summed E-state index contributed by atoms with van der Waals surface area (Å²) in [5.41, 5.74) is 0.976. The van der Waals surface area contributed by atoms with Crippen molar-refractivity contribution in [3.8, 4) is 0 Å². The molecular formula is C12H15BrClNO. The van der Waals surface area contributed by atoms with Crippen LogP contribution in [0.3, 0.4) is 0 Å². The van der Waals surface area contributed by atoms with Crippen LogP contribution in [0.4, 0.5) is 0 Å². The van der Waals surface area contributed by atoms with Crippen molar-refractivity contribution in [2.75, 3.05) is 6.54 Å². The van der Waals surface area contributed by atoms with Gasteiger partial charge < -0.3 is 5.32 Å². The van der Waals surface area contributed by atoms with Crippen LogP contribution in [0, 0.1) is 0 Å². The molecule has 0 fully saturated rings. The van der Waals surface area contributed by atoms with Crippen LogP contribution in [-0.4, -0.2) is 17.3 Å². The Morgan fingerprint density at radius 2 is 2.06 bits per heavy atom. The van der Waals surface area contributed by atoms with Crippen LogP contribution in [0.5, 0.6) is 0 Å². The molecule has 1 aromatic rings. The zero-order chi connectivity index (χ0) is 12.0. The molecule has 1 amide bonds. The molecule has 1 N–H and O–H groups in total. The molecule has 1 atom stereocenters. The number of rotatable bonds is 5. The molecule has 4 heteroatoms. The Kier molecular flexibility index (Phi) is 5.85. The van der Waals surface area contributed by atoms with Crippen molar-refractivity contribution in [1.82, 2.24) is 5.32 Å². The first-order valence-electron chi connectivity index (χ1n) is 5.27. The Morgan fingerprint density at radius 1 is 1.44 bits per heavy atom. The summed E-state index contributed by atoms with van der Waals surface area (Å²) in [6.07, 6.45) is 1.40. The molecule has 1 aromatic carbocycles. The summed E-state index contributed by atoms with van der Waals surface area (Å²) in [5, 5.41) is 3.57. The molecule has 0 spiro atoms. The number of hydrogen-bond donors (Lipinski definition) is 1. The summed E-state index contributed by atoms with van der Waals surface area (Å²) in [6.45, 7) is 2.74. The van der Waals surface area contributed by atoms with Gasteiger partial charge in [-0.3, -0.25) is 4.79 Å². The molecule has 0 saturated carbocycles. The van der Waals surface area contributed by atoms with E-state index in [1.54, 1.807) is 12.1 Å². The van der Waals surface area contributed by atoms with Crippen molar-refractivity contribution < 1.29 is 4.79 Å². The van der Waals surface area contributed by atoms with Gasteiger partial charge in [0.25, 0.3) is 0 Å². The summed E-state index contributed by atoms with van der Waals surface area (Å²) >= 11 is 9.23. The van der Waals surface area contributed by atoms with Crippen molar-refractivity contribution in [3.05, 3.63) is 34.9 Å². The van der Waals surface area contributed by atoms with E-state index in [0.717, 1.165) is 12.0 Å². The molecule has 0 aliphatic carbocycles. The summed E-state index contributed by atoms with van der Waals surface area (Å²) in [5.74, 6) is 0.0419. The smallest absolute Gasteiger partial charge is 0.224 e. The Morgan fingerprint density at radius 3 is 2.62 bits per heavy atom. The zero-order valence-electron chi connectivity index (χ0n) is 9.17. The molecular weight excluding hydrogens is 289 g/mol. The van der Waals surface area contributed by atoms with Crippen molar-refractivity contribution in [2.24, 2.45) is 0 Å². The topological polar surface area (TPSA) is 29.1 Å². The van der Waals surface area contributed by atoms with Gasteiger partial charge in [0.15, 0.2) is 0 Å². The molecule has 2 nitrogen and oxygen atoms in total. The zero-order valence-corrected chi connectivity index (χ0v) is 11.5. The third-order valence-electron chi connectivity index (χ3n) is 2.24. The Labute approximate surface area is 110 Å². The molecule has 0 aliphatic rings. The molecule has 0 heterocycles. The monoisotopic (exact) mass is 303 g/mol. The molecule has 0 bridgehead atoms. The maximum Gasteiger partial charge on any atom is 0.224 e. The van der Waals surface area contributed by atoms with E-state index in [1.165, 1.54) is 0 Å². The molecule has 0 aliphatic heterocycles. The van der Waals surface area contributed by atoms with Crippen LogP contribution in [0.15, 0.2) is 24.3 Å². The molecule has 0 saturated heterocycles. The highest BCUT2D eigenvalue weighted by molar-refractivity contribution is 9.09. The van der Waals surface area contributed by atoms with Gasteiger partial charge in [0.2, 0.25) is 5.91 Å². The minimum atomic E-state index is 0.0419. The van der Waals surface area contributed by atoms with Gasteiger partial charge in [-0.05, 0) is 24.1 Å². The predicted octanol–water partition coefficient (Wildman–Crippen LogP) is 3.17. The van der Waals surface area contributed by atoms with Gasteiger partial charge in [-0.2, -0.15) is 0 Å². The lowest BCUT2D eigenvalue weighted by molar-refractivity contribution is -0.120. The van der Waals surface area contributed by atoms with E-state index in [4.69, 9.17) is 11.6 Å². The second-order valence-corrected chi connectivity index (χ2v) is 5.34. The van der Waals surface area contributed by atoms with Crippen LogP contribution in [0.25, 0.3) is 0 Å². The maximum atomic E-state index is 11.6. The average molecular weight is 305 g/mol. The van der Waals surface area contributed by atoms with Gasteiger partial charge >= 0.3 is 0 Å². The SMILES string of the molecule is CCC(Br)CNC(=O)Cc1ccc(Cl)cc1. The van der Waals surface area contributed by atoms with E-state index >= 15 is 0 Å². The molecule has 16 heavy (non-hydrogen) atoms. The van der Waals surface area contributed by atoms with Crippen LogP contribution in [0.2, 0.25) is 5.02 Å². The van der Waals surface area contributed by atoms with Crippen LogP contribution >= 0.6 is 27.5 Å². The number of alkyl halides is 1. The van der Waals surface area contributed by atoms with Gasteiger partial charge in [-0.15, -0.1) is 0 Å². The second-order valence-electron chi connectivity index (χ2n) is 3.61. The summed E-state index contributed by atoms with van der Waals surface area (Å²) in [4.78, 5) is 11.9. The largest absolute Gasteiger partial charge is 0.355 e. The lowest BCUT2D eigenvalue weighted by Gasteiger charge is -2.08. The van der Waals surface area contributed by atoms with Crippen molar-refractivity contribution in [2.45, 2.75) is 24.6 Å². The van der Waals surface area contributed by atoms with Crippen LogP contribution < -0.4 is 5.32 Å². The minimum absolute atomic E-state index is 0.0419. The first-order valence-corrected chi connectivity index (χ1v) is 6.56. The van der Waals surface area contributed by atoms with E-state index in [-0.39, 0.29) is 5.91 Å². The van der Waals surface area contributed by atoms with Gasteiger partial charge in [0, 0.05) is 16.4 Å². The third kappa shape index (κ3) is 4.99. The summed E-state index contributed by atoms with van der Waals surface area (Å²) < 4.78 is 0. The molecule has 1 rings (SSSR count). The minimum Gasteiger partial charge on any atom is -0.355 e. The molecule has 0 radical (unpaired) electrons. The highest BCUT2D eigenvalue weighted by atomic mass is 79.9. The predicted molar refractivity (Wildman–Crippen MR) is 71.2 cm³/mol. The first-order chi connectivity index (χ1) is 7.61. The van der Waals surface area contributed by atoms with Gasteiger partial charge in [-0.1, -0.05) is 46.6 Å². The highest BCUT2D eigenvalue weighted by Gasteiger charge is 2.05. The van der Waals surface area contributed by atoms with Crippen LogP contribution in [-0.2, 0) is 11.2 Å². The van der Waals surface area contributed by atoms with E-state index in [0.29, 0.717) is 22.8 Å². The molecule has 0 aromatic heterocycles. The third-order valence-corrected chi connectivity index (χ3v) is 3.46. The Hall–Kier alpha value is -0.540. The van der Waals surface area contributed by atoms with Gasteiger partial charge in [-0.25, -0.2) is 0 Å². The number of carbonyl (C=O) groups excluding carboxylic acids is 1. The van der Waals surface area contributed by atoms with Crippen molar-refractivity contribution in [1.29, 1.82) is 0 Å². The highest BCUT2D eigenvalue weighted by Crippen LogP contribution is 2.10. The fourth-order valence-electron chi connectivity index (χ4n) is 1.22. The Balaban J connectivity index is 2.37. The first kappa shape index (κ1) is 13.5. The Bertz CT molecular complexity index is 339. The normalized spacial score (nSPS) is 12.2. The second kappa shape index (κ2) is 6.92. The molecule has 1 unspecified atom stereocenters. The summed E-state index contributed by atoms with van der Waals surface area (Å²) in [7, 11) is 0. The quantitative estimate of drug-likeness (QED) is 0.832. The standard InChI is InChI=1S/C12H15BrClNO/c1-2-10(13)8-15-12(16)7-9-3-5-11(14)6-4-9/h3-6,10H,2,7-8H2,1H3,(H,15,16). The lowest BCUT2D eigenvalue weighted by Crippen LogP contribution is -2.30. The number of carbonyl (C=O) groups is 1. The van der Waals surface area contributed by atoms with Gasteiger partial charge in [0.1, 0.15) is 0 Å². The lowest BCUT2D eigenvalue weighted by atomic mass is 10.1. The number of nitrogens with one attached hydrogen (secondary N) is 1. The van der Waals surface area contributed by atoms with E-state index in [1.807, 2.05) is 12.1 Å². The number of benzene rings is 1. The van der Waals surface area contributed by atoms with E-state index in [2.05, 4.69) is 28.2 Å². The number of halogens is 2. The number of hydrogen-bond acceptors (Lipinski definition) is 1. The maximum absolute atomic E-state index is 11.6. The van der Waals surface area contributed by atoms with E-state index < -0.39 is 0 Å². The fraction of sp³-hybridized carbons (Fsp3) is 0.417.